The van der Waals surface area contributed by atoms with Crippen molar-refractivity contribution in [2.45, 2.75) is 46.6 Å². The minimum Gasteiger partial charge on any atom is -0.0629 e. The number of benzene rings is 2. The second kappa shape index (κ2) is 6.80. The summed E-state index contributed by atoms with van der Waals surface area (Å²) in [6.45, 7) is 14.3. The van der Waals surface area contributed by atoms with Gasteiger partial charge in [0.05, 0.1) is 0 Å². The molecule has 0 spiro atoms. The standard InChI is InChI=1S/C24H30Si/c1-17(2)23-19(4)18(3)20(5)24(23,6)25(21-13-9-7-10-14-21)22-15-11-8-12-16-22/h7-17,25H,1-6H3. The molecule has 0 bridgehead atoms. The van der Waals surface area contributed by atoms with E-state index in [9.17, 15) is 0 Å². The molecule has 0 amide bonds. The molecule has 2 aromatic rings. The van der Waals surface area contributed by atoms with Crippen LogP contribution in [-0.2, 0) is 0 Å². The van der Waals surface area contributed by atoms with E-state index in [1.54, 1.807) is 11.1 Å². The fourth-order valence-corrected chi connectivity index (χ4v) is 9.46. The zero-order chi connectivity index (χ0) is 18.2. The van der Waals surface area contributed by atoms with Crippen LogP contribution in [0, 0.1) is 5.92 Å². The van der Waals surface area contributed by atoms with Gasteiger partial charge in [-0.3, -0.25) is 0 Å². The summed E-state index contributed by atoms with van der Waals surface area (Å²) in [6, 6.07) is 22.5. The highest BCUT2D eigenvalue weighted by Crippen LogP contribution is 2.56. The van der Waals surface area contributed by atoms with Crippen LogP contribution in [-0.4, -0.2) is 8.80 Å². The topological polar surface area (TPSA) is 0 Å². The van der Waals surface area contributed by atoms with Gasteiger partial charge in [-0.2, -0.15) is 0 Å². The van der Waals surface area contributed by atoms with E-state index in [0.717, 1.165) is 0 Å². The van der Waals surface area contributed by atoms with Gasteiger partial charge in [-0.15, -0.1) is 0 Å². The van der Waals surface area contributed by atoms with Crippen LogP contribution in [0.5, 0.6) is 0 Å². The first kappa shape index (κ1) is 17.9. The van der Waals surface area contributed by atoms with Crippen molar-refractivity contribution in [1.82, 2.24) is 0 Å². The Morgan fingerprint density at radius 2 is 1.16 bits per heavy atom. The number of hydrogen-bond donors (Lipinski definition) is 0. The van der Waals surface area contributed by atoms with Gasteiger partial charge in [-0.05, 0) is 37.8 Å². The summed E-state index contributed by atoms with van der Waals surface area (Å²) in [5, 5.41) is 3.23. The molecule has 1 atom stereocenters. The normalized spacial score (nSPS) is 21.0. The van der Waals surface area contributed by atoms with Crippen LogP contribution in [0.4, 0.5) is 0 Å². The van der Waals surface area contributed by atoms with Gasteiger partial charge in [-0.1, -0.05) is 103 Å². The van der Waals surface area contributed by atoms with E-state index in [1.807, 2.05) is 0 Å². The molecule has 0 N–H and O–H groups in total. The van der Waals surface area contributed by atoms with Crippen molar-refractivity contribution < 1.29 is 0 Å². The molecule has 0 nitrogen and oxygen atoms in total. The minimum atomic E-state index is -1.48. The van der Waals surface area contributed by atoms with Gasteiger partial charge in [0.1, 0.15) is 8.80 Å². The highest BCUT2D eigenvalue weighted by Gasteiger charge is 2.47. The Morgan fingerprint density at radius 1 is 0.720 bits per heavy atom. The lowest BCUT2D eigenvalue weighted by Gasteiger charge is -2.40. The molecule has 0 heterocycles. The van der Waals surface area contributed by atoms with Crippen molar-refractivity contribution >= 4 is 19.2 Å². The average molecular weight is 347 g/mol. The number of rotatable bonds is 4. The first-order chi connectivity index (χ1) is 11.9. The van der Waals surface area contributed by atoms with Gasteiger partial charge in [0.25, 0.3) is 0 Å². The number of hydrogen-bond acceptors (Lipinski definition) is 0. The maximum absolute atomic E-state index is 2.52. The Hall–Kier alpha value is -1.86. The van der Waals surface area contributed by atoms with E-state index < -0.39 is 8.80 Å². The van der Waals surface area contributed by atoms with Gasteiger partial charge >= 0.3 is 0 Å². The third-order valence-corrected chi connectivity index (χ3v) is 10.3. The van der Waals surface area contributed by atoms with Crippen LogP contribution in [0.2, 0.25) is 5.04 Å². The lowest BCUT2D eigenvalue weighted by molar-refractivity contribution is 0.658. The van der Waals surface area contributed by atoms with Crippen LogP contribution >= 0.6 is 0 Å². The molecule has 1 aliphatic carbocycles. The summed E-state index contributed by atoms with van der Waals surface area (Å²) >= 11 is 0. The second-order valence-electron chi connectivity index (χ2n) is 7.90. The molecular weight excluding hydrogens is 316 g/mol. The van der Waals surface area contributed by atoms with Crippen LogP contribution in [0.1, 0.15) is 41.5 Å². The maximum atomic E-state index is 2.52. The molecule has 0 fully saturated rings. The van der Waals surface area contributed by atoms with Crippen molar-refractivity contribution in [2.75, 3.05) is 0 Å². The Bertz CT molecular complexity index is 772. The van der Waals surface area contributed by atoms with Gasteiger partial charge in [0, 0.05) is 5.04 Å². The summed E-state index contributed by atoms with van der Waals surface area (Å²) < 4.78 is 0. The van der Waals surface area contributed by atoms with Crippen LogP contribution in [0.3, 0.4) is 0 Å². The highest BCUT2D eigenvalue weighted by atomic mass is 28.3. The summed E-state index contributed by atoms with van der Waals surface area (Å²) in [5.41, 5.74) is 6.28. The second-order valence-corrected chi connectivity index (χ2v) is 11.3. The third-order valence-electron chi connectivity index (χ3n) is 6.29. The molecule has 1 aliphatic rings. The van der Waals surface area contributed by atoms with Crippen molar-refractivity contribution in [3.05, 3.63) is 83.0 Å². The average Bonchev–Trinajstić information content (AvgIpc) is 2.78. The van der Waals surface area contributed by atoms with Gasteiger partial charge in [0.15, 0.2) is 0 Å². The fourth-order valence-electron chi connectivity index (χ4n) is 5.02. The molecule has 130 valence electrons. The highest BCUT2D eigenvalue weighted by molar-refractivity contribution is 6.88. The predicted molar refractivity (Wildman–Crippen MR) is 114 cm³/mol. The van der Waals surface area contributed by atoms with Crippen LogP contribution < -0.4 is 10.4 Å². The molecule has 3 rings (SSSR count). The molecule has 1 heteroatoms. The summed E-state index contributed by atoms with van der Waals surface area (Å²) in [4.78, 5) is 0. The van der Waals surface area contributed by atoms with E-state index in [4.69, 9.17) is 0 Å². The molecule has 0 aliphatic heterocycles. The molecule has 25 heavy (non-hydrogen) atoms. The van der Waals surface area contributed by atoms with Crippen molar-refractivity contribution in [3.8, 4) is 0 Å². The Labute approximate surface area is 154 Å². The lowest BCUT2D eigenvalue weighted by atomic mass is 9.88. The SMILES string of the molecule is CC1=C(C)C(C)([SiH](c2ccccc2)c2ccccc2)C(C(C)C)=C1C. The van der Waals surface area contributed by atoms with E-state index in [0.29, 0.717) is 5.92 Å². The van der Waals surface area contributed by atoms with Crippen LogP contribution in [0.25, 0.3) is 0 Å². The molecule has 0 saturated carbocycles. The lowest BCUT2D eigenvalue weighted by Crippen LogP contribution is -2.52. The van der Waals surface area contributed by atoms with Crippen molar-refractivity contribution in [3.63, 3.8) is 0 Å². The van der Waals surface area contributed by atoms with Crippen molar-refractivity contribution in [1.29, 1.82) is 0 Å². The van der Waals surface area contributed by atoms with Gasteiger partial charge in [0.2, 0.25) is 0 Å². The monoisotopic (exact) mass is 346 g/mol. The van der Waals surface area contributed by atoms with Crippen LogP contribution in [0.15, 0.2) is 83.0 Å². The van der Waals surface area contributed by atoms with E-state index in [1.165, 1.54) is 21.5 Å². The molecule has 2 aromatic carbocycles. The predicted octanol–water partition coefficient (Wildman–Crippen LogP) is 5.11. The zero-order valence-electron chi connectivity index (χ0n) is 16.4. The Balaban J connectivity index is 2.30. The molecule has 0 aromatic heterocycles. The van der Waals surface area contributed by atoms with Gasteiger partial charge < -0.3 is 0 Å². The van der Waals surface area contributed by atoms with E-state index in [2.05, 4.69) is 102 Å². The summed E-state index contributed by atoms with van der Waals surface area (Å²) in [5.74, 6) is 0.569. The smallest absolute Gasteiger partial charge is 0.0629 e. The maximum Gasteiger partial charge on any atom is 0.116 e. The third kappa shape index (κ3) is 2.85. The minimum absolute atomic E-state index is 0.158. The first-order valence-corrected chi connectivity index (χ1v) is 11.1. The van der Waals surface area contributed by atoms with E-state index >= 15 is 0 Å². The molecule has 0 saturated heterocycles. The molecular formula is C24H30Si. The Kier molecular flexibility index (Phi) is 4.88. The first-order valence-electron chi connectivity index (χ1n) is 9.38. The zero-order valence-corrected chi connectivity index (χ0v) is 17.6. The number of allylic oxidation sites excluding steroid dienone is 4. The fraction of sp³-hybridized carbons (Fsp3) is 0.333. The summed E-state index contributed by atoms with van der Waals surface area (Å²) in [7, 11) is -1.48. The van der Waals surface area contributed by atoms with Gasteiger partial charge in [-0.25, -0.2) is 0 Å². The largest absolute Gasteiger partial charge is 0.116 e. The van der Waals surface area contributed by atoms with E-state index in [-0.39, 0.29) is 5.04 Å². The molecule has 1 unspecified atom stereocenters. The quantitative estimate of drug-likeness (QED) is 0.675. The summed E-state index contributed by atoms with van der Waals surface area (Å²) in [6.07, 6.45) is 0. The van der Waals surface area contributed by atoms with Crippen molar-refractivity contribution in [2.24, 2.45) is 5.92 Å². The molecule has 0 radical (unpaired) electrons. The Morgan fingerprint density at radius 3 is 1.56 bits per heavy atom.